The second-order valence-electron chi connectivity index (χ2n) is 5.52. The fraction of sp³-hybridized carbons (Fsp3) is 0.571. The Bertz CT molecular complexity index is 575. The van der Waals surface area contributed by atoms with Crippen molar-refractivity contribution in [1.29, 1.82) is 0 Å². The Morgan fingerprint density at radius 1 is 1.10 bits per heavy atom. The summed E-state index contributed by atoms with van der Waals surface area (Å²) in [5.41, 5.74) is 8.30. The van der Waals surface area contributed by atoms with E-state index in [1.807, 2.05) is 20.9 Å². The minimum Gasteiger partial charge on any atom is -0.398 e. The molecule has 6 heteroatoms. The molecule has 0 aromatic heterocycles. The number of nitrogens with zero attached hydrogens (tertiary/aromatic N) is 2. The average Bonchev–Trinajstić information content (AvgIpc) is 2.60. The van der Waals surface area contributed by atoms with E-state index >= 15 is 0 Å². The van der Waals surface area contributed by atoms with Gasteiger partial charge in [-0.3, -0.25) is 0 Å². The van der Waals surface area contributed by atoms with Gasteiger partial charge in [-0.15, -0.1) is 0 Å². The summed E-state index contributed by atoms with van der Waals surface area (Å²) in [5.74, 6) is 0. The number of anilines is 1. The number of sulfonamides is 1. The molecule has 1 aliphatic heterocycles. The summed E-state index contributed by atoms with van der Waals surface area (Å²) in [5, 5.41) is 0. The van der Waals surface area contributed by atoms with E-state index in [9.17, 15) is 8.42 Å². The van der Waals surface area contributed by atoms with Crippen LogP contribution < -0.4 is 5.73 Å². The van der Waals surface area contributed by atoms with Crippen molar-refractivity contribution in [2.75, 3.05) is 39.0 Å². The van der Waals surface area contributed by atoms with E-state index < -0.39 is 10.0 Å². The lowest BCUT2D eigenvalue weighted by molar-refractivity contribution is 0.347. The number of nitrogen functional groups attached to an aromatic ring is 1. The van der Waals surface area contributed by atoms with Gasteiger partial charge in [0.15, 0.2) is 0 Å². The number of likely N-dealkylation sites (N-methyl/N-ethyl adjacent to an activating group) is 1. The molecule has 2 N–H and O–H groups in total. The standard InChI is InChI=1S/C14H23N3O2S/c1-11-9-13(10-14(15)12(11)2)20(18,19)17-6-4-5-16(3)7-8-17/h9-10H,4-8,15H2,1-3H3. The highest BCUT2D eigenvalue weighted by molar-refractivity contribution is 7.89. The summed E-state index contributed by atoms with van der Waals surface area (Å²) < 4.78 is 27.0. The number of rotatable bonds is 2. The largest absolute Gasteiger partial charge is 0.398 e. The van der Waals surface area contributed by atoms with E-state index in [1.54, 1.807) is 16.4 Å². The van der Waals surface area contributed by atoms with Crippen LogP contribution >= 0.6 is 0 Å². The normalized spacial score (nSPS) is 18.9. The minimum absolute atomic E-state index is 0.308. The Morgan fingerprint density at radius 3 is 2.45 bits per heavy atom. The van der Waals surface area contributed by atoms with Crippen LogP contribution in [-0.2, 0) is 10.0 Å². The highest BCUT2D eigenvalue weighted by Crippen LogP contribution is 2.24. The third-order valence-corrected chi connectivity index (χ3v) is 5.87. The molecule has 0 unspecified atom stereocenters. The maximum absolute atomic E-state index is 12.7. The van der Waals surface area contributed by atoms with Gasteiger partial charge in [0, 0.05) is 25.3 Å². The highest BCUT2D eigenvalue weighted by Gasteiger charge is 2.26. The molecule has 0 saturated carbocycles. The number of hydrogen-bond donors (Lipinski definition) is 1. The third-order valence-electron chi connectivity index (χ3n) is 4.00. The molecule has 0 atom stereocenters. The molecule has 0 spiro atoms. The molecule has 1 aromatic carbocycles. The fourth-order valence-corrected chi connectivity index (χ4v) is 4.00. The molecule has 0 amide bonds. The second kappa shape index (κ2) is 5.71. The van der Waals surface area contributed by atoms with Crippen molar-refractivity contribution in [3.63, 3.8) is 0 Å². The van der Waals surface area contributed by atoms with Crippen molar-refractivity contribution in [2.24, 2.45) is 0 Å². The predicted octanol–water partition coefficient (Wildman–Crippen LogP) is 1.21. The van der Waals surface area contributed by atoms with Crippen LogP contribution in [0.1, 0.15) is 17.5 Å². The first kappa shape index (κ1) is 15.3. The van der Waals surface area contributed by atoms with Crippen LogP contribution in [0.15, 0.2) is 17.0 Å². The SMILES string of the molecule is Cc1cc(S(=O)(=O)N2CCCN(C)CC2)cc(N)c1C. The molecule has 1 aromatic rings. The van der Waals surface area contributed by atoms with Gasteiger partial charge in [-0.1, -0.05) is 0 Å². The van der Waals surface area contributed by atoms with Gasteiger partial charge >= 0.3 is 0 Å². The molecule has 112 valence electrons. The molecule has 0 radical (unpaired) electrons. The Balaban J connectivity index is 2.35. The highest BCUT2D eigenvalue weighted by atomic mass is 32.2. The zero-order valence-electron chi connectivity index (χ0n) is 12.4. The maximum atomic E-state index is 12.7. The zero-order chi connectivity index (χ0) is 14.9. The lowest BCUT2D eigenvalue weighted by Gasteiger charge is -2.21. The van der Waals surface area contributed by atoms with E-state index in [4.69, 9.17) is 5.73 Å². The minimum atomic E-state index is -3.44. The van der Waals surface area contributed by atoms with Gasteiger partial charge in [0.25, 0.3) is 0 Å². The van der Waals surface area contributed by atoms with E-state index in [-0.39, 0.29) is 0 Å². The third kappa shape index (κ3) is 2.97. The first-order valence-electron chi connectivity index (χ1n) is 6.88. The Kier molecular flexibility index (Phi) is 4.36. The lowest BCUT2D eigenvalue weighted by Crippen LogP contribution is -2.34. The van der Waals surface area contributed by atoms with Crippen molar-refractivity contribution in [2.45, 2.75) is 25.2 Å². The molecular formula is C14H23N3O2S. The van der Waals surface area contributed by atoms with Crippen molar-refractivity contribution in [3.05, 3.63) is 23.3 Å². The Morgan fingerprint density at radius 2 is 1.80 bits per heavy atom. The van der Waals surface area contributed by atoms with Gasteiger partial charge in [0.1, 0.15) is 0 Å². The van der Waals surface area contributed by atoms with Gasteiger partial charge in [0.05, 0.1) is 4.90 Å². The summed E-state index contributed by atoms with van der Waals surface area (Å²) in [6.45, 7) is 6.59. The summed E-state index contributed by atoms with van der Waals surface area (Å²) in [4.78, 5) is 2.47. The van der Waals surface area contributed by atoms with Crippen LogP contribution in [0.4, 0.5) is 5.69 Å². The van der Waals surface area contributed by atoms with Crippen molar-refractivity contribution in [1.82, 2.24) is 9.21 Å². The Hall–Kier alpha value is -1.11. The molecule has 1 saturated heterocycles. The van der Waals surface area contributed by atoms with E-state index in [2.05, 4.69) is 4.90 Å². The second-order valence-corrected chi connectivity index (χ2v) is 7.45. The van der Waals surface area contributed by atoms with E-state index in [0.29, 0.717) is 23.7 Å². The molecule has 0 aliphatic carbocycles. The number of hydrogen-bond acceptors (Lipinski definition) is 4. The van der Waals surface area contributed by atoms with Crippen LogP contribution in [0.3, 0.4) is 0 Å². The molecular weight excluding hydrogens is 274 g/mol. The van der Waals surface area contributed by atoms with E-state index in [1.165, 1.54) is 0 Å². The summed E-state index contributed by atoms with van der Waals surface area (Å²) >= 11 is 0. The zero-order valence-corrected chi connectivity index (χ0v) is 13.2. The molecule has 20 heavy (non-hydrogen) atoms. The molecule has 1 heterocycles. The van der Waals surface area contributed by atoms with Crippen LogP contribution in [-0.4, -0.2) is 50.8 Å². The molecule has 2 rings (SSSR count). The summed E-state index contributed by atoms with van der Waals surface area (Å²) in [6.07, 6.45) is 0.857. The first-order chi connectivity index (χ1) is 9.32. The van der Waals surface area contributed by atoms with Crippen molar-refractivity contribution < 1.29 is 8.42 Å². The molecule has 1 aliphatic rings. The van der Waals surface area contributed by atoms with Crippen LogP contribution in [0.2, 0.25) is 0 Å². The quantitative estimate of drug-likeness (QED) is 0.833. The number of nitrogens with two attached hydrogens (primary N) is 1. The van der Waals surface area contributed by atoms with E-state index in [0.717, 1.165) is 30.6 Å². The monoisotopic (exact) mass is 297 g/mol. The van der Waals surface area contributed by atoms with Gasteiger partial charge in [-0.05, 0) is 57.1 Å². The van der Waals surface area contributed by atoms with Crippen molar-refractivity contribution in [3.8, 4) is 0 Å². The van der Waals surface area contributed by atoms with Gasteiger partial charge < -0.3 is 10.6 Å². The van der Waals surface area contributed by atoms with Gasteiger partial charge in [0.2, 0.25) is 10.0 Å². The summed E-state index contributed by atoms with van der Waals surface area (Å²) in [6, 6.07) is 3.29. The molecule has 5 nitrogen and oxygen atoms in total. The van der Waals surface area contributed by atoms with Crippen LogP contribution in [0.5, 0.6) is 0 Å². The average molecular weight is 297 g/mol. The fourth-order valence-electron chi connectivity index (χ4n) is 2.41. The molecule has 0 bridgehead atoms. The number of aryl methyl sites for hydroxylation is 1. The first-order valence-corrected chi connectivity index (χ1v) is 8.32. The smallest absolute Gasteiger partial charge is 0.243 e. The number of benzene rings is 1. The lowest BCUT2D eigenvalue weighted by atomic mass is 10.1. The van der Waals surface area contributed by atoms with Crippen molar-refractivity contribution >= 4 is 15.7 Å². The predicted molar refractivity (Wildman–Crippen MR) is 81.2 cm³/mol. The van der Waals surface area contributed by atoms with Gasteiger partial charge in [-0.25, -0.2) is 8.42 Å². The summed E-state index contributed by atoms with van der Waals surface area (Å²) in [7, 11) is -1.43. The maximum Gasteiger partial charge on any atom is 0.243 e. The topological polar surface area (TPSA) is 66.6 Å². The molecule has 1 fully saturated rings. The van der Waals surface area contributed by atoms with Crippen LogP contribution in [0, 0.1) is 13.8 Å². The van der Waals surface area contributed by atoms with Crippen LogP contribution in [0.25, 0.3) is 0 Å². The van der Waals surface area contributed by atoms with Gasteiger partial charge in [-0.2, -0.15) is 4.31 Å². The Labute approximate surface area is 121 Å².